The van der Waals surface area contributed by atoms with Crippen LogP contribution in [0.2, 0.25) is 0 Å². The van der Waals surface area contributed by atoms with Gasteiger partial charge in [0.1, 0.15) is 17.6 Å². The maximum atomic E-state index is 12.9. The van der Waals surface area contributed by atoms with Gasteiger partial charge in [-0.15, -0.1) is 0 Å². The summed E-state index contributed by atoms with van der Waals surface area (Å²) in [6, 6.07) is 14.8. The Bertz CT molecular complexity index is 1230. The highest BCUT2D eigenvalue weighted by atomic mass is 19.3. The minimum Gasteiger partial charge on any atom is -0.497 e. The molecule has 0 saturated heterocycles. The molecule has 2 heterocycles. The molecule has 0 fully saturated rings. The number of carbonyl (C=O) groups excluding carboxylic acids is 1. The minimum absolute atomic E-state index is 0.106. The van der Waals surface area contributed by atoms with Crippen molar-refractivity contribution in [3.8, 4) is 17.2 Å². The van der Waals surface area contributed by atoms with E-state index in [1.54, 1.807) is 19.2 Å². The third kappa shape index (κ3) is 5.80. The van der Waals surface area contributed by atoms with Gasteiger partial charge in [0.25, 0.3) is 5.91 Å². The predicted molar refractivity (Wildman–Crippen MR) is 126 cm³/mol. The summed E-state index contributed by atoms with van der Waals surface area (Å²) in [5, 5.41) is 9.65. The summed E-state index contributed by atoms with van der Waals surface area (Å²) in [6.07, 6.45) is 3.32. The van der Waals surface area contributed by atoms with Crippen LogP contribution in [0.3, 0.4) is 0 Å². The molecule has 1 atom stereocenters. The van der Waals surface area contributed by atoms with Crippen LogP contribution >= 0.6 is 0 Å². The average molecular weight is 499 g/mol. The molecular formula is C25H23F2N3O6. The van der Waals surface area contributed by atoms with E-state index in [9.17, 15) is 13.6 Å². The minimum atomic E-state index is -2.98. The third-order valence-corrected chi connectivity index (χ3v) is 5.33. The molecule has 188 valence electrons. The number of nitrogens with zero attached hydrogens (tertiary/aromatic N) is 3. The van der Waals surface area contributed by atoms with Crippen LogP contribution in [0.1, 0.15) is 29.3 Å². The lowest BCUT2D eigenvalue weighted by Gasteiger charge is -2.19. The Labute approximate surface area is 205 Å². The van der Waals surface area contributed by atoms with Gasteiger partial charge >= 0.3 is 6.61 Å². The van der Waals surface area contributed by atoms with Gasteiger partial charge in [-0.3, -0.25) is 4.79 Å². The molecule has 4 rings (SSSR count). The molecule has 11 heteroatoms. The van der Waals surface area contributed by atoms with Crippen LogP contribution in [0.4, 0.5) is 8.78 Å². The summed E-state index contributed by atoms with van der Waals surface area (Å²) in [7, 11) is 2.92. The monoisotopic (exact) mass is 499 g/mol. The smallest absolute Gasteiger partial charge is 0.387 e. The molecule has 1 aliphatic heterocycles. The van der Waals surface area contributed by atoms with Gasteiger partial charge in [-0.05, 0) is 60.2 Å². The van der Waals surface area contributed by atoms with Gasteiger partial charge in [-0.1, -0.05) is 5.16 Å². The molecule has 0 radical (unpaired) electrons. The highest BCUT2D eigenvalue weighted by Crippen LogP contribution is 2.33. The molecule has 1 unspecified atom stereocenters. The summed E-state index contributed by atoms with van der Waals surface area (Å²) in [5.74, 6) is 0.888. The Hall–Kier alpha value is -4.41. The zero-order valence-electron chi connectivity index (χ0n) is 19.5. The zero-order valence-corrected chi connectivity index (χ0v) is 19.5. The number of hydrazone groups is 1. The Balaban J connectivity index is 1.43. The van der Waals surface area contributed by atoms with E-state index in [0.29, 0.717) is 29.2 Å². The largest absolute Gasteiger partial charge is 0.497 e. The molecule has 1 aliphatic rings. The molecule has 1 aromatic heterocycles. The summed E-state index contributed by atoms with van der Waals surface area (Å²) in [6.45, 7) is -3.35. The van der Waals surface area contributed by atoms with Crippen LogP contribution < -0.4 is 14.2 Å². The van der Waals surface area contributed by atoms with E-state index >= 15 is 0 Å². The van der Waals surface area contributed by atoms with Gasteiger partial charge in [-0.2, -0.15) is 13.9 Å². The first-order valence-electron chi connectivity index (χ1n) is 10.8. The normalized spacial score (nSPS) is 15.3. The van der Waals surface area contributed by atoms with E-state index in [4.69, 9.17) is 18.7 Å². The summed E-state index contributed by atoms with van der Waals surface area (Å²) in [4.78, 5) is 18.1. The quantitative estimate of drug-likeness (QED) is 0.298. The number of benzene rings is 2. The van der Waals surface area contributed by atoms with Crippen molar-refractivity contribution < 1.29 is 37.0 Å². The number of furan rings is 1. The number of carbonyl (C=O) groups is 1. The van der Waals surface area contributed by atoms with Crippen molar-refractivity contribution in [1.82, 2.24) is 5.01 Å². The summed E-state index contributed by atoms with van der Waals surface area (Å²) < 4.78 is 45.1. The molecule has 2 aromatic carbocycles. The maximum absolute atomic E-state index is 12.9. The lowest BCUT2D eigenvalue weighted by atomic mass is 10.0. The lowest BCUT2D eigenvalue weighted by molar-refractivity contribution is -0.138. The predicted octanol–water partition coefficient (Wildman–Crippen LogP) is 4.63. The molecule has 0 spiro atoms. The Morgan fingerprint density at radius 1 is 1.17 bits per heavy atom. The third-order valence-electron chi connectivity index (χ3n) is 5.33. The van der Waals surface area contributed by atoms with Gasteiger partial charge in [-0.25, -0.2) is 5.01 Å². The van der Waals surface area contributed by atoms with Crippen molar-refractivity contribution in [2.75, 3.05) is 20.8 Å². The fourth-order valence-electron chi connectivity index (χ4n) is 3.62. The first-order chi connectivity index (χ1) is 17.5. The molecule has 9 nitrogen and oxygen atoms in total. The van der Waals surface area contributed by atoms with Gasteiger partial charge in [0.2, 0.25) is 0 Å². The molecule has 0 bridgehead atoms. The Morgan fingerprint density at radius 3 is 2.64 bits per heavy atom. The second-order valence-electron chi connectivity index (χ2n) is 7.55. The average Bonchev–Trinajstić information content (AvgIpc) is 3.57. The first-order valence-corrected chi connectivity index (χ1v) is 10.8. The fraction of sp³-hybridized carbons (Fsp3) is 0.240. The molecule has 1 amide bonds. The topological polar surface area (TPSA) is 95.1 Å². The molecule has 3 aromatic rings. The van der Waals surface area contributed by atoms with Crippen LogP contribution in [0, 0.1) is 0 Å². The lowest BCUT2D eigenvalue weighted by Crippen LogP contribution is -2.29. The zero-order chi connectivity index (χ0) is 25.5. The number of methoxy groups -OCH3 is 2. The first kappa shape index (κ1) is 24.7. The van der Waals surface area contributed by atoms with E-state index in [2.05, 4.69) is 15.0 Å². The highest BCUT2D eigenvalue weighted by Gasteiger charge is 2.35. The van der Waals surface area contributed by atoms with Crippen molar-refractivity contribution in [2.24, 2.45) is 10.3 Å². The maximum Gasteiger partial charge on any atom is 0.387 e. The van der Waals surface area contributed by atoms with Crippen LogP contribution in [0.5, 0.6) is 17.2 Å². The number of alkyl halides is 2. The highest BCUT2D eigenvalue weighted by molar-refractivity contribution is 6.03. The molecule has 0 saturated carbocycles. The van der Waals surface area contributed by atoms with Gasteiger partial charge in [0.05, 0.1) is 32.4 Å². The number of hydrogen-bond acceptors (Lipinski definition) is 8. The number of oxime groups is 1. The van der Waals surface area contributed by atoms with Crippen LogP contribution in [0.25, 0.3) is 0 Å². The second-order valence-corrected chi connectivity index (χ2v) is 7.55. The Kier molecular flexibility index (Phi) is 7.79. The van der Waals surface area contributed by atoms with Crippen molar-refractivity contribution >= 4 is 17.8 Å². The van der Waals surface area contributed by atoms with Gasteiger partial charge in [0, 0.05) is 12.0 Å². The fourth-order valence-corrected chi connectivity index (χ4v) is 3.62. The number of hydrogen-bond donors (Lipinski definition) is 0. The summed E-state index contributed by atoms with van der Waals surface area (Å²) >= 11 is 0. The number of halogens is 2. The van der Waals surface area contributed by atoms with Crippen LogP contribution in [-0.2, 0) is 9.63 Å². The van der Waals surface area contributed by atoms with Crippen molar-refractivity contribution in [1.29, 1.82) is 0 Å². The second kappa shape index (κ2) is 11.3. The van der Waals surface area contributed by atoms with E-state index in [1.165, 1.54) is 42.8 Å². The van der Waals surface area contributed by atoms with Crippen molar-refractivity contribution in [3.63, 3.8) is 0 Å². The van der Waals surface area contributed by atoms with Crippen molar-refractivity contribution in [3.05, 3.63) is 77.7 Å². The van der Waals surface area contributed by atoms with E-state index in [1.807, 2.05) is 24.3 Å². The number of ether oxygens (including phenoxy) is 3. The number of rotatable bonds is 10. The Morgan fingerprint density at radius 2 is 1.97 bits per heavy atom. The van der Waals surface area contributed by atoms with Crippen LogP contribution in [-0.4, -0.2) is 50.3 Å². The summed E-state index contributed by atoms with van der Waals surface area (Å²) in [5.41, 5.74) is 2.07. The molecule has 0 N–H and O–H groups in total. The molecular weight excluding hydrogens is 476 g/mol. The molecule has 36 heavy (non-hydrogen) atoms. The standard InChI is InChI=1S/C25H23F2N3O6/c1-32-18-8-6-17(7-9-18)19-13-20(21-4-3-11-34-21)30(29-19)24(31)15-35-28-14-16-5-10-22(36-25(26)27)23(12-16)33-2/h3-12,14,20,25H,13,15H2,1-2H3/b28-14+. The number of amides is 1. The van der Waals surface area contributed by atoms with E-state index < -0.39 is 18.6 Å². The van der Waals surface area contributed by atoms with Crippen LogP contribution in [0.15, 0.2) is 75.5 Å². The van der Waals surface area contributed by atoms with Gasteiger partial charge in [0.15, 0.2) is 18.1 Å². The SMILES string of the molecule is COc1ccc(C2=NN(C(=O)CO/N=C/c3ccc(OC(F)F)c(OC)c3)C(c3ccco3)C2)cc1. The van der Waals surface area contributed by atoms with E-state index in [-0.39, 0.29) is 18.1 Å². The molecule has 0 aliphatic carbocycles. The van der Waals surface area contributed by atoms with Crippen molar-refractivity contribution in [2.45, 2.75) is 19.1 Å². The van der Waals surface area contributed by atoms with Gasteiger partial charge < -0.3 is 23.5 Å². The van der Waals surface area contributed by atoms with E-state index in [0.717, 1.165) is 5.56 Å².